The van der Waals surface area contributed by atoms with Gasteiger partial charge >= 0.3 is 0 Å². The molecule has 0 unspecified atom stereocenters. The van der Waals surface area contributed by atoms with Gasteiger partial charge in [-0.05, 0) is 12.2 Å². The first-order valence-corrected chi connectivity index (χ1v) is 6.95. The summed E-state index contributed by atoms with van der Waals surface area (Å²) in [6.07, 6.45) is 5.83. The second kappa shape index (κ2) is 7.34. The van der Waals surface area contributed by atoms with Crippen LogP contribution in [-0.2, 0) is 13.1 Å². The fourth-order valence-electron chi connectivity index (χ4n) is 1.65. The summed E-state index contributed by atoms with van der Waals surface area (Å²) in [7, 11) is 0. The topological polar surface area (TPSA) is 32.6 Å². The number of imidazole rings is 1. The van der Waals surface area contributed by atoms with E-state index in [0.29, 0.717) is 6.42 Å². The Morgan fingerprint density at radius 2 is 2.38 bits per heavy atom. The Hall–Kier alpha value is -0.950. The molecule has 88 valence electrons. The van der Waals surface area contributed by atoms with Crippen molar-refractivity contribution < 1.29 is 4.57 Å². The molecule has 0 spiro atoms. The van der Waals surface area contributed by atoms with Crippen LogP contribution < -0.4 is 4.57 Å². The molecule has 4 heteroatoms. The summed E-state index contributed by atoms with van der Waals surface area (Å²) in [4.78, 5) is 0. The fourth-order valence-corrected chi connectivity index (χ4v) is 2.26. The molecule has 0 N–H and O–H groups in total. The number of unbranched alkanes of at least 4 members (excludes halogenated alkanes) is 1. The van der Waals surface area contributed by atoms with Gasteiger partial charge in [-0.3, -0.25) is 0 Å². The minimum Gasteiger partial charge on any atom is -0.234 e. The lowest BCUT2D eigenvalue weighted by molar-refractivity contribution is -0.702. The van der Waals surface area contributed by atoms with Crippen LogP contribution in [-0.4, -0.2) is 16.1 Å². The van der Waals surface area contributed by atoms with Gasteiger partial charge in [0.1, 0.15) is 12.4 Å². The van der Waals surface area contributed by atoms with E-state index in [9.17, 15) is 0 Å². The van der Waals surface area contributed by atoms with Crippen molar-refractivity contribution in [2.45, 2.75) is 39.8 Å². The fraction of sp³-hybridized carbons (Fsp3) is 0.667. The zero-order valence-electron chi connectivity index (χ0n) is 10.1. The second-order valence-corrected chi connectivity index (χ2v) is 5.08. The maximum absolute atomic E-state index is 8.49. The van der Waals surface area contributed by atoms with Crippen LogP contribution in [0.2, 0.25) is 0 Å². The maximum atomic E-state index is 8.49. The third-order valence-electron chi connectivity index (χ3n) is 2.63. The lowest BCUT2D eigenvalue weighted by Gasteiger charge is -2.00. The minimum atomic E-state index is 0.642. The van der Waals surface area contributed by atoms with E-state index in [2.05, 4.69) is 41.4 Å². The van der Waals surface area contributed by atoms with Gasteiger partial charge in [-0.25, -0.2) is 9.13 Å². The quantitative estimate of drug-likeness (QED) is 0.538. The third-order valence-corrected chi connectivity index (χ3v) is 3.51. The number of aromatic nitrogens is 2. The molecule has 0 aliphatic rings. The Kier molecular flexibility index (Phi) is 6.02. The number of nitrogens with zero attached hydrogens (tertiary/aromatic N) is 3. The monoisotopic (exact) mass is 238 g/mol. The van der Waals surface area contributed by atoms with Crippen molar-refractivity contribution in [2.24, 2.45) is 0 Å². The van der Waals surface area contributed by atoms with Crippen LogP contribution >= 0.6 is 11.8 Å². The van der Waals surface area contributed by atoms with Crippen LogP contribution in [0.1, 0.15) is 25.6 Å². The van der Waals surface area contributed by atoms with Crippen molar-refractivity contribution >= 4 is 11.8 Å². The van der Waals surface area contributed by atoms with Gasteiger partial charge in [-0.15, -0.1) is 0 Å². The van der Waals surface area contributed by atoms with Gasteiger partial charge in [0.25, 0.3) is 5.82 Å². The highest BCUT2D eigenvalue weighted by Crippen LogP contribution is 2.02. The highest BCUT2D eigenvalue weighted by molar-refractivity contribution is 7.99. The molecule has 1 aromatic heterocycles. The van der Waals surface area contributed by atoms with Crippen molar-refractivity contribution in [2.75, 3.05) is 11.5 Å². The Morgan fingerprint density at radius 1 is 1.56 bits per heavy atom. The van der Waals surface area contributed by atoms with E-state index >= 15 is 0 Å². The standard InChI is InChI=1S/C12H20N3S/c1-3-16-11-10-15-9-8-14(12(15)2)7-5-4-6-13/h8-9H,3-5,7,10-11H2,1-2H3/q+1. The first kappa shape index (κ1) is 13.1. The van der Waals surface area contributed by atoms with Crippen LogP contribution in [0.5, 0.6) is 0 Å². The number of aryl methyl sites for hydroxylation is 2. The summed E-state index contributed by atoms with van der Waals surface area (Å²) in [6.45, 7) is 6.36. The Bertz CT molecular complexity index is 352. The number of rotatable bonds is 7. The molecule has 0 radical (unpaired) electrons. The highest BCUT2D eigenvalue weighted by atomic mass is 32.2. The molecule has 0 atom stereocenters. The van der Waals surface area contributed by atoms with Gasteiger partial charge in [0, 0.05) is 19.1 Å². The van der Waals surface area contributed by atoms with Crippen LogP contribution in [0.3, 0.4) is 0 Å². The molecule has 3 nitrogen and oxygen atoms in total. The van der Waals surface area contributed by atoms with E-state index in [4.69, 9.17) is 5.26 Å². The molecule has 1 aromatic rings. The van der Waals surface area contributed by atoms with Crippen molar-refractivity contribution in [1.82, 2.24) is 4.57 Å². The van der Waals surface area contributed by atoms with Crippen LogP contribution in [0.25, 0.3) is 0 Å². The van der Waals surface area contributed by atoms with E-state index in [-0.39, 0.29) is 0 Å². The highest BCUT2D eigenvalue weighted by Gasteiger charge is 2.10. The van der Waals surface area contributed by atoms with Gasteiger partial charge in [0.15, 0.2) is 0 Å². The summed E-state index contributed by atoms with van der Waals surface area (Å²) in [5.41, 5.74) is 0. The van der Waals surface area contributed by atoms with Crippen LogP contribution in [0.15, 0.2) is 12.4 Å². The average Bonchev–Trinajstić information content (AvgIpc) is 2.62. The summed E-state index contributed by atoms with van der Waals surface area (Å²) in [5, 5.41) is 8.49. The summed E-state index contributed by atoms with van der Waals surface area (Å²) < 4.78 is 4.52. The smallest absolute Gasteiger partial charge is 0.234 e. The molecule has 0 aromatic carbocycles. The largest absolute Gasteiger partial charge is 0.253 e. The summed E-state index contributed by atoms with van der Waals surface area (Å²) >= 11 is 1.97. The predicted octanol–water partition coefficient (Wildman–Crippen LogP) is 2.14. The molecule has 0 saturated heterocycles. The molecular weight excluding hydrogens is 218 g/mol. The third kappa shape index (κ3) is 3.90. The molecule has 16 heavy (non-hydrogen) atoms. The van der Waals surface area contributed by atoms with Gasteiger partial charge in [-0.1, -0.05) is 6.92 Å². The van der Waals surface area contributed by atoms with Crippen LogP contribution in [0.4, 0.5) is 0 Å². The minimum absolute atomic E-state index is 0.642. The zero-order chi connectivity index (χ0) is 11.8. The Labute approximate surface area is 102 Å². The van der Waals surface area contributed by atoms with Crippen molar-refractivity contribution in [3.63, 3.8) is 0 Å². The van der Waals surface area contributed by atoms with E-state index < -0.39 is 0 Å². The lowest BCUT2D eigenvalue weighted by atomic mass is 10.3. The van der Waals surface area contributed by atoms with E-state index in [0.717, 1.165) is 19.5 Å². The van der Waals surface area contributed by atoms with Crippen molar-refractivity contribution in [1.29, 1.82) is 5.26 Å². The van der Waals surface area contributed by atoms with Gasteiger partial charge in [0.2, 0.25) is 0 Å². The van der Waals surface area contributed by atoms with Crippen molar-refractivity contribution in [3.05, 3.63) is 18.2 Å². The molecule has 1 heterocycles. The SMILES string of the molecule is CCSCCn1cc[n+](CCCC#N)c1C. The normalized spacial score (nSPS) is 10.3. The summed E-state index contributed by atoms with van der Waals surface area (Å²) in [6, 6.07) is 2.18. The maximum Gasteiger partial charge on any atom is 0.253 e. The number of hydrogen-bond donors (Lipinski definition) is 0. The number of nitriles is 1. The lowest BCUT2D eigenvalue weighted by Crippen LogP contribution is -2.35. The molecule has 0 bridgehead atoms. The Balaban J connectivity index is 2.45. The van der Waals surface area contributed by atoms with Crippen LogP contribution in [0, 0.1) is 18.3 Å². The average molecular weight is 238 g/mol. The van der Waals surface area contributed by atoms with Crippen molar-refractivity contribution in [3.8, 4) is 6.07 Å². The zero-order valence-corrected chi connectivity index (χ0v) is 11.0. The van der Waals surface area contributed by atoms with Gasteiger partial charge in [-0.2, -0.15) is 17.0 Å². The number of hydrogen-bond acceptors (Lipinski definition) is 2. The first-order valence-electron chi connectivity index (χ1n) is 5.79. The van der Waals surface area contributed by atoms with E-state index in [1.54, 1.807) is 0 Å². The molecule has 0 aliphatic carbocycles. The van der Waals surface area contributed by atoms with Gasteiger partial charge < -0.3 is 0 Å². The molecule has 0 aliphatic heterocycles. The molecular formula is C12H20N3S+. The summed E-state index contributed by atoms with van der Waals surface area (Å²) in [5.74, 6) is 3.64. The predicted molar refractivity (Wildman–Crippen MR) is 67.2 cm³/mol. The number of thioether (sulfide) groups is 1. The molecule has 0 saturated carbocycles. The molecule has 0 fully saturated rings. The Morgan fingerprint density at radius 3 is 3.06 bits per heavy atom. The first-order chi connectivity index (χ1) is 7.79. The molecule has 1 rings (SSSR count). The molecule has 0 amide bonds. The van der Waals surface area contributed by atoms with Gasteiger partial charge in [0.05, 0.1) is 19.2 Å². The van der Waals surface area contributed by atoms with E-state index in [1.807, 2.05) is 11.8 Å². The second-order valence-electron chi connectivity index (χ2n) is 3.69. The van der Waals surface area contributed by atoms with E-state index in [1.165, 1.54) is 17.3 Å².